The molecule has 2 aliphatic heterocycles. The average molecular weight is 329 g/mol. The number of benzene rings is 1. The molecular formula is C21H32N2O. The zero-order valence-corrected chi connectivity index (χ0v) is 15.7. The third kappa shape index (κ3) is 3.11. The van der Waals surface area contributed by atoms with E-state index in [-0.39, 0.29) is 5.92 Å². The van der Waals surface area contributed by atoms with Crippen molar-refractivity contribution >= 4 is 11.6 Å². The highest BCUT2D eigenvalue weighted by molar-refractivity contribution is 5.98. The number of unbranched alkanes of at least 4 members (excludes halogenated alkanes) is 1. The zero-order valence-electron chi connectivity index (χ0n) is 15.7. The van der Waals surface area contributed by atoms with E-state index < -0.39 is 0 Å². The molecule has 3 unspecified atom stereocenters. The third-order valence-corrected chi connectivity index (χ3v) is 5.94. The van der Waals surface area contributed by atoms with Crippen LogP contribution in [0.2, 0.25) is 0 Å². The van der Waals surface area contributed by atoms with Crippen LogP contribution in [0.1, 0.15) is 63.0 Å². The SMILES string of the molecule is CCCCC(CC)C(=O)N1c2ccc(C)cc2C2CN(C)CCC21. The minimum Gasteiger partial charge on any atom is -0.308 e. The minimum atomic E-state index is 0.178. The fourth-order valence-electron chi connectivity index (χ4n) is 4.52. The smallest absolute Gasteiger partial charge is 0.230 e. The number of hydrogen-bond acceptors (Lipinski definition) is 2. The van der Waals surface area contributed by atoms with Gasteiger partial charge in [-0.15, -0.1) is 0 Å². The summed E-state index contributed by atoms with van der Waals surface area (Å²) in [5.74, 6) is 1.02. The number of piperidine rings is 1. The largest absolute Gasteiger partial charge is 0.308 e. The summed E-state index contributed by atoms with van der Waals surface area (Å²) in [6.45, 7) is 8.68. The van der Waals surface area contributed by atoms with Gasteiger partial charge in [-0.2, -0.15) is 0 Å². The molecule has 1 saturated heterocycles. The maximum Gasteiger partial charge on any atom is 0.230 e. The van der Waals surface area contributed by atoms with Gasteiger partial charge in [-0.3, -0.25) is 4.79 Å². The van der Waals surface area contributed by atoms with E-state index >= 15 is 0 Å². The van der Waals surface area contributed by atoms with Gasteiger partial charge in [0.05, 0.1) is 0 Å². The van der Waals surface area contributed by atoms with E-state index in [9.17, 15) is 4.79 Å². The molecule has 0 bridgehead atoms. The van der Waals surface area contributed by atoms with Crippen LogP contribution in [0.15, 0.2) is 18.2 Å². The van der Waals surface area contributed by atoms with Gasteiger partial charge < -0.3 is 9.80 Å². The molecule has 0 aromatic heterocycles. The fraction of sp³-hybridized carbons (Fsp3) is 0.667. The number of aryl methyl sites for hydroxylation is 1. The van der Waals surface area contributed by atoms with Gasteiger partial charge in [-0.1, -0.05) is 44.4 Å². The van der Waals surface area contributed by atoms with E-state index in [0.29, 0.717) is 17.9 Å². The summed E-state index contributed by atoms with van der Waals surface area (Å²) in [5, 5.41) is 0. The topological polar surface area (TPSA) is 23.6 Å². The number of rotatable bonds is 5. The fourth-order valence-corrected chi connectivity index (χ4v) is 4.52. The number of likely N-dealkylation sites (N-methyl/N-ethyl adjacent to an activating group) is 1. The molecule has 3 nitrogen and oxygen atoms in total. The molecule has 1 fully saturated rings. The highest BCUT2D eigenvalue weighted by Crippen LogP contribution is 2.45. The number of amides is 1. The van der Waals surface area contributed by atoms with Gasteiger partial charge in [0.15, 0.2) is 0 Å². The quantitative estimate of drug-likeness (QED) is 0.802. The second-order valence-electron chi connectivity index (χ2n) is 7.74. The van der Waals surface area contributed by atoms with Gasteiger partial charge in [0.1, 0.15) is 0 Å². The molecule has 3 atom stereocenters. The Kier molecular flexibility index (Phi) is 5.29. The summed E-state index contributed by atoms with van der Waals surface area (Å²) in [6.07, 6.45) is 5.38. The summed E-state index contributed by atoms with van der Waals surface area (Å²) >= 11 is 0. The molecule has 0 N–H and O–H groups in total. The van der Waals surface area contributed by atoms with E-state index in [1.807, 2.05) is 0 Å². The summed E-state index contributed by atoms with van der Waals surface area (Å²) in [5.41, 5.74) is 3.88. The van der Waals surface area contributed by atoms with Crippen LogP contribution < -0.4 is 4.90 Å². The van der Waals surface area contributed by atoms with Crippen LogP contribution in [-0.4, -0.2) is 37.0 Å². The van der Waals surface area contributed by atoms with Crippen molar-refractivity contribution in [2.45, 2.75) is 64.8 Å². The van der Waals surface area contributed by atoms with Crippen LogP contribution in [0.25, 0.3) is 0 Å². The molecule has 132 valence electrons. The lowest BCUT2D eigenvalue weighted by atomic mass is 9.88. The molecule has 0 aliphatic carbocycles. The average Bonchev–Trinajstić information content (AvgIpc) is 2.88. The third-order valence-electron chi connectivity index (χ3n) is 5.94. The highest BCUT2D eigenvalue weighted by atomic mass is 16.2. The van der Waals surface area contributed by atoms with E-state index in [0.717, 1.165) is 45.2 Å². The van der Waals surface area contributed by atoms with Gasteiger partial charge in [-0.05, 0) is 51.4 Å². The second-order valence-corrected chi connectivity index (χ2v) is 7.74. The second kappa shape index (κ2) is 7.26. The van der Waals surface area contributed by atoms with Crippen molar-refractivity contribution in [2.24, 2.45) is 5.92 Å². The van der Waals surface area contributed by atoms with Crippen LogP contribution in [-0.2, 0) is 4.79 Å². The Morgan fingerprint density at radius 1 is 1.33 bits per heavy atom. The van der Waals surface area contributed by atoms with E-state index in [1.165, 1.54) is 16.8 Å². The number of likely N-dealkylation sites (tertiary alicyclic amines) is 1. The van der Waals surface area contributed by atoms with Gasteiger partial charge >= 0.3 is 0 Å². The predicted octanol–water partition coefficient (Wildman–Crippen LogP) is 4.35. The summed E-state index contributed by atoms with van der Waals surface area (Å²) in [7, 11) is 2.20. The molecule has 1 amide bonds. The zero-order chi connectivity index (χ0) is 17.3. The molecule has 2 heterocycles. The van der Waals surface area contributed by atoms with Gasteiger partial charge in [0.2, 0.25) is 5.91 Å². The lowest BCUT2D eigenvalue weighted by Crippen LogP contribution is -2.48. The number of carbonyl (C=O) groups is 1. The Hall–Kier alpha value is -1.35. The van der Waals surface area contributed by atoms with Crippen LogP contribution >= 0.6 is 0 Å². The van der Waals surface area contributed by atoms with E-state index in [1.54, 1.807) is 0 Å². The van der Waals surface area contributed by atoms with Crippen molar-refractivity contribution in [2.75, 3.05) is 25.0 Å². The van der Waals surface area contributed by atoms with Crippen molar-refractivity contribution in [1.29, 1.82) is 0 Å². The van der Waals surface area contributed by atoms with E-state index in [2.05, 4.69) is 55.8 Å². The monoisotopic (exact) mass is 328 g/mol. The molecule has 0 spiro atoms. The van der Waals surface area contributed by atoms with Gasteiger partial charge in [0, 0.05) is 30.1 Å². The van der Waals surface area contributed by atoms with Crippen LogP contribution in [0.4, 0.5) is 5.69 Å². The van der Waals surface area contributed by atoms with Crippen molar-refractivity contribution in [3.8, 4) is 0 Å². The molecule has 24 heavy (non-hydrogen) atoms. The normalized spacial score (nSPS) is 24.6. The highest BCUT2D eigenvalue weighted by Gasteiger charge is 2.44. The molecular weight excluding hydrogens is 296 g/mol. The Morgan fingerprint density at radius 3 is 2.83 bits per heavy atom. The molecule has 3 heteroatoms. The Bertz CT molecular complexity index is 598. The molecule has 1 aromatic carbocycles. The lowest BCUT2D eigenvalue weighted by Gasteiger charge is -2.37. The first-order valence-corrected chi connectivity index (χ1v) is 9.69. The molecule has 0 radical (unpaired) electrons. The van der Waals surface area contributed by atoms with Crippen molar-refractivity contribution < 1.29 is 4.79 Å². The van der Waals surface area contributed by atoms with Crippen LogP contribution in [0.3, 0.4) is 0 Å². The lowest BCUT2D eigenvalue weighted by molar-refractivity contribution is -0.123. The number of anilines is 1. The number of nitrogens with zero attached hydrogens (tertiary/aromatic N) is 2. The number of carbonyl (C=O) groups excluding carboxylic acids is 1. The summed E-state index contributed by atoms with van der Waals surface area (Å²) in [6, 6.07) is 7.02. The maximum atomic E-state index is 13.4. The predicted molar refractivity (Wildman–Crippen MR) is 101 cm³/mol. The first-order valence-electron chi connectivity index (χ1n) is 9.69. The summed E-state index contributed by atoms with van der Waals surface area (Å²) in [4.78, 5) is 18.0. The molecule has 1 aromatic rings. The van der Waals surface area contributed by atoms with Crippen molar-refractivity contribution in [3.63, 3.8) is 0 Å². The first-order chi connectivity index (χ1) is 11.6. The Balaban J connectivity index is 1.93. The number of fused-ring (bicyclic) bond motifs is 3. The Morgan fingerprint density at radius 2 is 2.12 bits per heavy atom. The minimum absolute atomic E-state index is 0.178. The van der Waals surface area contributed by atoms with Gasteiger partial charge in [0.25, 0.3) is 0 Å². The summed E-state index contributed by atoms with van der Waals surface area (Å²) < 4.78 is 0. The van der Waals surface area contributed by atoms with Crippen LogP contribution in [0.5, 0.6) is 0 Å². The first kappa shape index (κ1) is 17.5. The van der Waals surface area contributed by atoms with Crippen molar-refractivity contribution in [3.05, 3.63) is 29.3 Å². The molecule has 0 saturated carbocycles. The van der Waals surface area contributed by atoms with Gasteiger partial charge in [-0.25, -0.2) is 0 Å². The van der Waals surface area contributed by atoms with Crippen LogP contribution in [0, 0.1) is 12.8 Å². The van der Waals surface area contributed by atoms with Crippen molar-refractivity contribution in [1.82, 2.24) is 4.90 Å². The van der Waals surface area contributed by atoms with E-state index in [4.69, 9.17) is 0 Å². The maximum absolute atomic E-state index is 13.4. The Labute approximate surface area is 147 Å². The molecule has 3 rings (SSSR count). The molecule has 2 aliphatic rings. The standard InChI is InChI=1S/C21H32N2O/c1-5-7-8-16(6-2)21(24)23-19-10-9-15(3)13-17(19)18-14-22(4)12-11-20(18)23/h9-10,13,16,18,20H,5-8,11-12,14H2,1-4H3. The number of hydrogen-bond donors (Lipinski definition) is 0.